The lowest BCUT2D eigenvalue weighted by Gasteiger charge is -2.39. The summed E-state index contributed by atoms with van der Waals surface area (Å²) in [4.78, 5) is 22.0. The minimum absolute atomic E-state index is 0.00681. The second-order valence-corrected chi connectivity index (χ2v) is 4.46. The van der Waals surface area contributed by atoms with E-state index in [2.05, 4.69) is 0 Å². The monoisotopic (exact) mass is 210 g/mol. The maximum atomic E-state index is 11.1. The van der Waals surface area contributed by atoms with Crippen molar-refractivity contribution in [2.24, 2.45) is 23.7 Å². The molecule has 4 nitrogen and oxygen atoms in total. The fraction of sp³-hybridized carbons (Fsp3) is 0.636. The third-order valence-electron chi connectivity index (χ3n) is 3.57. The Morgan fingerprint density at radius 2 is 1.87 bits per heavy atom. The highest BCUT2D eigenvalue weighted by Gasteiger charge is 2.44. The second-order valence-electron chi connectivity index (χ2n) is 4.46. The first-order valence-electron chi connectivity index (χ1n) is 5.22. The summed E-state index contributed by atoms with van der Waals surface area (Å²) in [6, 6.07) is 0. The highest BCUT2D eigenvalue weighted by molar-refractivity contribution is 5.74. The Morgan fingerprint density at radius 1 is 1.13 bits per heavy atom. The predicted molar refractivity (Wildman–Crippen MR) is 52.2 cm³/mol. The Kier molecular flexibility index (Phi) is 2.50. The zero-order chi connectivity index (χ0) is 11.0. The van der Waals surface area contributed by atoms with Crippen molar-refractivity contribution < 1.29 is 19.8 Å². The van der Waals surface area contributed by atoms with Crippen LogP contribution in [0.25, 0.3) is 0 Å². The van der Waals surface area contributed by atoms with Gasteiger partial charge in [0.2, 0.25) is 0 Å². The molecule has 4 atom stereocenters. The largest absolute Gasteiger partial charge is 0.481 e. The van der Waals surface area contributed by atoms with Gasteiger partial charge in [-0.05, 0) is 31.1 Å². The SMILES string of the molecule is O=C(O)C1CC2C=CCC(C1)C2C(=O)O. The standard InChI is InChI=1S/C11H14O4/c12-10(13)8-4-6-2-1-3-7(5-8)9(6)11(14)15/h1-2,6-9H,3-5H2,(H,12,13)(H,14,15). The van der Waals surface area contributed by atoms with E-state index in [0.717, 1.165) is 0 Å². The Balaban J connectivity index is 2.20. The molecule has 2 N–H and O–H groups in total. The molecule has 15 heavy (non-hydrogen) atoms. The van der Waals surface area contributed by atoms with E-state index in [9.17, 15) is 9.59 Å². The van der Waals surface area contributed by atoms with Crippen LogP contribution in [0.3, 0.4) is 0 Å². The summed E-state index contributed by atoms with van der Waals surface area (Å²) in [5.41, 5.74) is 0. The molecule has 0 aromatic heterocycles. The summed E-state index contributed by atoms with van der Waals surface area (Å²) in [6.07, 6.45) is 5.56. The minimum atomic E-state index is -0.788. The van der Waals surface area contributed by atoms with Crippen molar-refractivity contribution in [1.29, 1.82) is 0 Å². The van der Waals surface area contributed by atoms with Crippen molar-refractivity contribution >= 4 is 11.9 Å². The van der Waals surface area contributed by atoms with Crippen molar-refractivity contribution in [3.63, 3.8) is 0 Å². The number of carbonyl (C=O) groups is 2. The first-order valence-corrected chi connectivity index (χ1v) is 5.22. The van der Waals surface area contributed by atoms with Gasteiger partial charge in [0.15, 0.2) is 0 Å². The highest BCUT2D eigenvalue weighted by atomic mass is 16.4. The zero-order valence-electron chi connectivity index (χ0n) is 8.30. The smallest absolute Gasteiger partial charge is 0.307 e. The Hall–Kier alpha value is -1.32. The van der Waals surface area contributed by atoms with Crippen molar-refractivity contribution in [2.45, 2.75) is 19.3 Å². The van der Waals surface area contributed by atoms with E-state index < -0.39 is 11.9 Å². The molecule has 2 aliphatic carbocycles. The van der Waals surface area contributed by atoms with E-state index in [-0.39, 0.29) is 23.7 Å². The summed E-state index contributed by atoms with van der Waals surface area (Å²) in [5.74, 6) is -2.38. The molecule has 4 unspecified atom stereocenters. The lowest BCUT2D eigenvalue weighted by atomic mass is 9.64. The Bertz CT molecular complexity index is 321. The van der Waals surface area contributed by atoms with Crippen molar-refractivity contribution in [3.8, 4) is 0 Å². The molecule has 4 heteroatoms. The number of fused-ring (bicyclic) bond motifs is 2. The van der Waals surface area contributed by atoms with Gasteiger partial charge in [0, 0.05) is 0 Å². The summed E-state index contributed by atoms with van der Waals surface area (Å²) in [7, 11) is 0. The van der Waals surface area contributed by atoms with Gasteiger partial charge in [0.05, 0.1) is 11.8 Å². The van der Waals surface area contributed by atoms with Crippen LogP contribution in [0.2, 0.25) is 0 Å². The molecule has 2 aliphatic rings. The molecule has 0 saturated heterocycles. The van der Waals surface area contributed by atoms with Gasteiger partial charge in [-0.25, -0.2) is 0 Å². The average molecular weight is 210 g/mol. The van der Waals surface area contributed by atoms with E-state index in [0.29, 0.717) is 19.3 Å². The van der Waals surface area contributed by atoms with Crippen LogP contribution in [0.15, 0.2) is 12.2 Å². The molecule has 82 valence electrons. The first kappa shape index (κ1) is 10.2. The molecule has 0 amide bonds. The van der Waals surface area contributed by atoms with E-state index in [1.807, 2.05) is 12.2 Å². The molecule has 1 fully saturated rings. The summed E-state index contributed by atoms with van der Waals surface area (Å²) >= 11 is 0. The van der Waals surface area contributed by atoms with Gasteiger partial charge in [-0.15, -0.1) is 0 Å². The highest BCUT2D eigenvalue weighted by Crippen LogP contribution is 2.43. The number of allylic oxidation sites excluding steroid dienone is 2. The number of aliphatic carboxylic acids is 2. The molecular weight excluding hydrogens is 196 g/mol. The van der Waals surface area contributed by atoms with Crippen LogP contribution < -0.4 is 0 Å². The van der Waals surface area contributed by atoms with Crippen LogP contribution in [-0.2, 0) is 9.59 Å². The second kappa shape index (κ2) is 3.68. The van der Waals surface area contributed by atoms with E-state index >= 15 is 0 Å². The van der Waals surface area contributed by atoms with Gasteiger partial charge in [-0.1, -0.05) is 12.2 Å². The Labute approximate surface area is 87.6 Å². The van der Waals surface area contributed by atoms with Crippen molar-refractivity contribution in [3.05, 3.63) is 12.2 Å². The van der Waals surface area contributed by atoms with E-state index in [4.69, 9.17) is 10.2 Å². The number of carboxylic acid groups (broad SMARTS) is 2. The average Bonchev–Trinajstić information content (AvgIpc) is 2.15. The lowest BCUT2D eigenvalue weighted by molar-refractivity contribution is -0.153. The number of carboxylic acids is 2. The van der Waals surface area contributed by atoms with Gasteiger partial charge in [0.25, 0.3) is 0 Å². The van der Waals surface area contributed by atoms with Crippen LogP contribution in [-0.4, -0.2) is 22.2 Å². The van der Waals surface area contributed by atoms with E-state index in [1.54, 1.807) is 0 Å². The van der Waals surface area contributed by atoms with E-state index in [1.165, 1.54) is 0 Å². The molecule has 2 bridgehead atoms. The van der Waals surface area contributed by atoms with Crippen molar-refractivity contribution in [2.75, 3.05) is 0 Å². The summed E-state index contributed by atoms with van der Waals surface area (Å²) < 4.78 is 0. The zero-order valence-corrected chi connectivity index (χ0v) is 8.30. The van der Waals surface area contributed by atoms with Crippen LogP contribution >= 0.6 is 0 Å². The normalized spacial score (nSPS) is 38.7. The third kappa shape index (κ3) is 1.76. The Morgan fingerprint density at radius 3 is 2.40 bits per heavy atom. The van der Waals surface area contributed by atoms with Gasteiger partial charge in [0.1, 0.15) is 0 Å². The molecule has 0 aliphatic heterocycles. The lowest BCUT2D eigenvalue weighted by Crippen LogP contribution is -2.40. The number of rotatable bonds is 2. The summed E-state index contributed by atoms with van der Waals surface area (Å²) in [6.45, 7) is 0. The molecule has 0 heterocycles. The fourth-order valence-corrected chi connectivity index (χ4v) is 2.89. The minimum Gasteiger partial charge on any atom is -0.481 e. The first-order chi connectivity index (χ1) is 7.09. The topological polar surface area (TPSA) is 74.6 Å². The quantitative estimate of drug-likeness (QED) is 0.675. The van der Waals surface area contributed by atoms with Crippen LogP contribution in [0.5, 0.6) is 0 Å². The molecule has 1 saturated carbocycles. The molecular formula is C11H14O4. The number of hydrogen-bond donors (Lipinski definition) is 2. The van der Waals surface area contributed by atoms with Gasteiger partial charge in [-0.3, -0.25) is 9.59 Å². The van der Waals surface area contributed by atoms with Crippen LogP contribution in [0, 0.1) is 23.7 Å². The third-order valence-corrected chi connectivity index (χ3v) is 3.57. The van der Waals surface area contributed by atoms with Gasteiger partial charge in [-0.2, -0.15) is 0 Å². The molecule has 0 radical (unpaired) electrons. The molecule has 0 aromatic rings. The van der Waals surface area contributed by atoms with Gasteiger partial charge < -0.3 is 10.2 Å². The maximum Gasteiger partial charge on any atom is 0.307 e. The van der Waals surface area contributed by atoms with Gasteiger partial charge >= 0.3 is 11.9 Å². The van der Waals surface area contributed by atoms with Crippen LogP contribution in [0.4, 0.5) is 0 Å². The maximum absolute atomic E-state index is 11.1. The van der Waals surface area contributed by atoms with Crippen LogP contribution in [0.1, 0.15) is 19.3 Å². The molecule has 0 aromatic carbocycles. The molecule has 0 spiro atoms. The van der Waals surface area contributed by atoms with Crippen molar-refractivity contribution in [1.82, 2.24) is 0 Å². The predicted octanol–water partition coefficient (Wildman–Crippen LogP) is 1.37. The summed E-state index contributed by atoms with van der Waals surface area (Å²) in [5, 5.41) is 18.0. The number of hydrogen-bond acceptors (Lipinski definition) is 2. The molecule has 2 rings (SSSR count). The fourth-order valence-electron chi connectivity index (χ4n) is 2.89.